The smallest absolute Gasteiger partial charge is 0.182 e. The van der Waals surface area contributed by atoms with Gasteiger partial charge in [0.15, 0.2) is 15.6 Å². The van der Waals surface area contributed by atoms with Crippen LogP contribution in [0, 0.1) is 0 Å². The van der Waals surface area contributed by atoms with Gasteiger partial charge in [-0.3, -0.25) is 4.79 Å². The van der Waals surface area contributed by atoms with Gasteiger partial charge in [-0.25, -0.2) is 8.42 Å². The van der Waals surface area contributed by atoms with Crippen molar-refractivity contribution in [1.29, 1.82) is 0 Å². The molecule has 1 N–H and O–H groups in total. The zero-order valence-electron chi connectivity index (χ0n) is 6.58. The zero-order chi connectivity index (χ0) is 9.23. The normalized spacial score (nSPS) is 14.1. The maximum Gasteiger partial charge on any atom is 0.182 e. The van der Waals surface area contributed by atoms with Crippen molar-refractivity contribution in [2.45, 2.75) is 13.8 Å². The second-order valence-electron chi connectivity index (χ2n) is 2.24. The molecule has 0 bridgehead atoms. The Morgan fingerprint density at radius 1 is 1.27 bits per heavy atom. The van der Waals surface area contributed by atoms with E-state index in [4.69, 9.17) is 5.11 Å². The third kappa shape index (κ3) is 2.71. The molecule has 0 fully saturated rings. The number of carbonyl (C=O) groups excluding carboxylic acids is 1. The highest BCUT2D eigenvalue weighted by atomic mass is 32.2. The lowest BCUT2D eigenvalue weighted by Crippen LogP contribution is -2.11. The predicted octanol–water partition coefficient (Wildman–Crippen LogP) is 0.410. The van der Waals surface area contributed by atoms with Crippen molar-refractivity contribution in [1.82, 2.24) is 0 Å². The largest absolute Gasteiger partial charge is 0.511 e. The third-order valence-corrected chi connectivity index (χ3v) is 2.34. The molecule has 5 heteroatoms. The summed E-state index contributed by atoms with van der Waals surface area (Å²) in [6, 6.07) is 0. The fourth-order valence-electron chi connectivity index (χ4n) is 0.784. The van der Waals surface area contributed by atoms with Crippen molar-refractivity contribution in [2.75, 3.05) is 6.26 Å². The molecule has 0 saturated heterocycles. The molecule has 0 saturated carbocycles. The standard InChI is InChI=1S/C6H10O4S/c1-4(7)6(5(2)8)11(3,9)10/h7H,1-3H3/b6-4-. The maximum atomic E-state index is 10.8. The van der Waals surface area contributed by atoms with Crippen LogP contribution in [0.15, 0.2) is 10.7 Å². The minimum absolute atomic E-state index is 0.458. The summed E-state index contributed by atoms with van der Waals surface area (Å²) < 4.78 is 21.6. The summed E-state index contributed by atoms with van der Waals surface area (Å²) in [4.78, 5) is 10.1. The lowest BCUT2D eigenvalue weighted by atomic mass is 10.4. The molecule has 0 heterocycles. The van der Waals surface area contributed by atoms with E-state index in [0.717, 1.165) is 20.1 Å². The topological polar surface area (TPSA) is 71.4 Å². The summed E-state index contributed by atoms with van der Waals surface area (Å²) in [6.07, 6.45) is 0.878. The van der Waals surface area contributed by atoms with Gasteiger partial charge in [0.2, 0.25) is 0 Å². The average molecular weight is 178 g/mol. The summed E-state index contributed by atoms with van der Waals surface area (Å²) in [5.41, 5.74) is 0. The van der Waals surface area contributed by atoms with Crippen LogP contribution in [0.3, 0.4) is 0 Å². The van der Waals surface area contributed by atoms with Crippen molar-refractivity contribution in [3.63, 3.8) is 0 Å². The molecule has 0 aromatic carbocycles. The number of Topliss-reactive ketones (excluding diaryl/α,β-unsaturated/α-hetero) is 1. The fourth-order valence-corrected chi connectivity index (χ4v) is 1.84. The van der Waals surface area contributed by atoms with Gasteiger partial charge >= 0.3 is 0 Å². The van der Waals surface area contributed by atoms with Gasteiger partial charge in [0.25, 0.3) is 0 Å². The molecule has 0 aromatic rings. The third-order valence-electron chi connectivity index (χ3n) is 1.02. The molecule has 0 unspecified atom stereocenters. The number of aliphatic hydroxyl groups excluding tert-OH is 1. The Morgan fingerprint density at radius 2 is 1.64 bits per heavy atom. The number of rotatable bonds is 2. The number of allylic oxidation sites excluding steroid dienone is 2. The molecular weight excluding hydrogens is 168 g/mol. The Morgan fingerprint density at radius 3 is 1.64 bits per heavy atom. The van der Waals surface area contributed by atoms with E-state index in [1.54, 1.807) is 0 Å². The first-order chi connectivity index (χ1) is 4.76. The number of aliphatic hydroxyl groups is 1. The van der Waals surface area contributed by atoms with Crippen LogP contribution < -0.4 is 0 Å². The van der Waals surface area contributed by atoms with Gasteiger partial charge in [-0.05, 0) is 13.8 Å². The number of carbonyl (C=O) groups is 1. The Balaban J connectivity index is 5.32. The van der Waals surface area contributed by atoms with Crippen LogP contribution in [0.2, 0.25) is 0 Å². The number of hydrogen-bond acceptors (Lipinski definition) is 4. The number of sulfone groups is 1. The summed E-state index contributed by atoms with van der Waals surface area (Å²) in [5, 5.41) is 8.80. The maximum absolute atomic E-state index is 10.8. The van der Waals surface area contributed by atoms with E-state index in [1.807, 2.05) is 0 Å². The van der Waals surface area contributed by atoms with Gasteiger partial charge in [-0.15, -0.1) is 0 Å². The molecule has 64 valence electrons. The molecule has 0 rings (SSSR count). The van der Waals surface area contributed by atoms with Crippen LogP contribution in [0.25, 0.3) is 0 Å². The Labute approximate surface area is 65.5 Å². The Kier molecular flexibility index (Phi) is 2.81. The number of hydrogen-bond donors (Lipinski definition) is 1. The fraction of sp³-hybridized carbons (Fsp3) is 0.500. The highest BCUT2D eigenvalue weighted by Gasteiger charge is 2.19. The van der Waals surface area contributed by atoms with Crippen LogP contribution in [-0.2, 0) is 14.6 Å². The highest BCUT2D eigenvalue weighted by Crippen LogP contribution is 2.09. The van der Waals surface area contributed by atoms with Crippen molar-refractivity contribution in [3.8, 4) is 0 Å². The first-order valence-corrected chi connectivity index (χ1v) is 4.76. The Hall–Kier alpha value is -0.840. The molecule has 4 nitrogen and oxygen atoms in total. The van der Waals surface area contributed by atoms with E-state index in [0.29, 0.717) is 0 Å². The van der Waals surface area contributed by atoms with Crippen molar-refractivity contribution < 1.29 is 18.3 Å². The summed E-state index contributed by atoms with van der Waals surface area (Å²) in [7, 11) is -3.58. The summed E-state index contributed by atoms with van der Waals surface area (Å²) >= 11 is 0. The Bertz CT molecular complexity index is 293. The lowest BCUT2D eigenvalue weighted by Gasteiger charge is -2.00. The van der Waals surface area contributed by atoms with Crippen LogP contribution in [0.4, 0.5) is 0 Å². The van der Waals surface area contributed by atoms with E-state index in [1.165, 1.54) is 0 Å². The second-order valence-corrected chi connectivity index (χ2v) is 4.20. The molecule has 0 spiro atoms. The lowest BCUT2D eigenvalue weighted by molar-refractivity contribution is -0.113. The first kappa shape index (κ1) is 10.2. The van der Waals surface area contributed by atoms with Gasteiger partial charge in [0.05, 0.1) is 0 Å². The van der Waals surface area contributed by atoms with E-state index < -0.39 is 26.3 Å². The SMILES string of the molecule is CC(=O)/C(=C(\C)O)S(C)(=O)=O. The van der Waals surface area contributed by atoms with E-state index in [9.17, 15) is 13.2 Å². The quantitative estimate of drug-likeness (QED) is 0.491. The molecule has 0 aliphatic rings. The average Bonchev–Trinajstić information content (AvgIpc) is 1.54. The van der Waals surface area contributed by atoms with Gasteiger partial charge in [-0.2, -0.15) is 0 Å². The van der Waals surface area contributed by atoms with Gasteiger partial charge < -0.3 is 5.11 Å². The molecule has 0 aromatic heterocycles. The molecular formula is C6H10O4S. The monoisotopic (exact) mass is 178 g/mol. The van der Waals surface area contributed by atoms with Crippen LogP contribution in [-0.4, -0.2) is 25.6 Å². The van der Waals surface area contributed by atoms with Crippen molar-refractivity contribution >= 4 is 15.6 Å². The summed E-state index contributed by atoms with van der Waals surface area (Å²) in [5.74, 6) is -1.10. The van der Waals surface area contributed by atoms with Gasteiger partial charge in [-0.1, -0.05) is 0 Å². The minimum Gasteiger partial charge on any atom is -0.511 e. The molecule has 0 amide bonds. The van der Waals surface area contributed by atoms with E-state index >= 15 is 0 Å². The molecule has 0 aliphatic carbocycles. The van der Waals surface area contributed by atoms with Crippen molar-refractivity contribution in [2.24, 2.45) is 0 Å². The van der Waals surface area contributed by atoms with E-state index in [2.05, 4.69) is 0 Å². The van der Waals surface area contributed by atoms with Crippen LogP contribution >= 0.6 is 0 Å². The van der Waals surface area contributed by atoms with Gasteiger partial charge in [0, 0.05) is 6.26 Å². The highest BCUT2D eigenvalue weighted by molar-refractivity contribution is 7.95. The number of ketones is 1. The second kappa shape index (κ2) is 3.04. The van der Waals surface area contributed by atoms with E-state index in [-0.39, 0.29) is 0 Å². The molecule has 0 aliphatic heterocycles. The van der Waals surface area contributed by atoms with Crippen molar-refractivity contribution in [3.05, 3.63) is 10.7 Å². The molecule has 0 radical (unpaired) electrons. The van der Waals surface area contributed by atoms with Crippen LogP contribution in [0.5, 0.6) is 0 Å². The van der Waals surface area contributed by atoms with Crippen LogP contribution in [0.1, 0.15) is 13.8 Å². The molecule has 0 atom stereocenters. The first-order valence-electron chi connectivity index (χ1n) is 2.87. The summed E-state index contributed by atoms with van der Waals surface area (Å²) in [6.45, 7) is 2.26. The zero-order valence-corrected chi connectivity index (χ0v) is 7.40. The van der Waals surface area contributed by atoms with Gasteiger partial charge in [0.1, 0.15) is 10.7 Å². The predicted molar refractivity (Wildman–Crippen MR) is 40.9 cm³/mol. The minimum atomic E-state index is -3.58. The molecule has 11 heavy (non-hydrogen) atoms.